The highest BCUT2D eigenvalue weighted by atomic mass is 16.5. The summed E-state index contributed by atoms with van der Waals surface area (Å²) in [5, 5.41) is 10.7. The first-order valence-electron chi connectivity index (χ1n) is 7.16. The van der Waals surface area contributed by atoms with Crippen molar-refractivity contribution >= 4 is 17.0 Å². The fourth-order valence-corrected chi connectivity index (χ4v) is 2.48. The van der Waals surface area contributed by atoms with Gasteiger partial charge in [-0.3, -0.25) is 4.57 Å². The Hall–Kier alpha value is -2.59. The van der Waals surface area contributed by atoms with Crippen LogP contribution in [0.4, 0.5) is 4.79 Å². The number of nitrogens with zero attached hydrogens (tertiary/aromatic N) is 1. The zero-order valence-electron chi connectivity index (χ0n) is 12.3. The van der Waals surface area contributed by atoms with Crippen molar-refractivity contribution in [1.29, 1.82) is 0 Å². The highest BCUT2D eigenvalue weighted by molar-refractivity contribution is 5.92. The van der Waals surface area contributed by atoms with Gasteiger partial charge in [-0.25, -0.2) is 4.79 Å². The van der Waals surface area contributed by atoms with E-state index in [1.54, 1.807) is 13.1 Å². The molecule has 0 spiro atoms. The zero-order valence-corrected chi connectivity index (χ0v) is 12.3. The van der Waals surface area contributed by atoms with Crippen molar-refractivity contribution in [3.63, 3.8) is 0 Å². The number of fused-ring (bicyclic) bond motifs is 1. The molecule has 0 saturated carbocycles. The summed E-state index contributed by atoms with van der Waals surface area (Å²) in [5.74, 6) is 0. The normalized spacial score (nSPS) is 12.3. The first kappa shape index (κ1) is 14.4. The molecule has 3 rings (SSSR count). The minimum Gasteiger partial charge on any atom is -0.444 e. The maximum absolute atomic E-state index is 12.3. The second-order valence-electron chi connectivity index (χ2n) is 5.19. The quantitative estimate of drug-likeness (QED) is 0.797. The van der Waals surface area contributed by atoms with E-state index in [1.165, 1.54) is 4.57 Å². The molecule has 0 saturated heterocycles. The van der Waals surface area contributed by atoms with Gasteiger partial charge in [-0.1, -0.05) is 48.5 Å². The number of ether oxygens (including phenoxy) is 1. The third-order valence-electron chi connectivity index (χ3n) is 3.59. The van der Waals surface area contributed by atoms with Crippen LogP contribution < -0.4 is 0 Å². The molecule has 1 unspecified atom stereocenters. The van der Waals surface area contributed by atoms with E-state index in [-0.39, 0.29) is 6.61 Å². The van der Waals surface area contributed by atoms with Gasteiger partial charge in [0.25, 0.3) is 0 Å². The molecular formula is C18H17NO3. The van der Waals surface area contributed by atoms with Crippen LogP contribution in [0.3, 0.4) is 0 Å². The average Bonchev–Trinajstić information content (AvgIpc) is 2.93. The van der Waals surface area contributed by atoms with Crippen LogP contribution in [0.25, 0.3) is 10.9 Å². The molecule has 1 atom stereocenters. The Labute approximate surface area is 128 Å². The number of aliphatic hydroxyl groups is 1. The Morgan fingerprint density at radius 1 is 1.14 bits per heavy atom. The Balaban J connectivity index is 1.88. The molecule has 4 nitrogen and oxygen atoms in total. The van der Waals surface area contributed by atoms with E-state index in [0.29, 0.717) is 5.56 Å². The molecule has 22 heavy (non-hydrogen) atoms. The van der Waals surface area contributed by atoms with E-state index in [4.69, 9.17) is 4.74 Å². The van der Waals surface area contributed by atoms with Crippen molar-refractivity contribution in [3.8, 4) is 0 Å². The van der Waals surface area contributed by atoms with Gasteiger partial charge in [-0.2, -0.15) is 0 Å². The van der Waals surface area contributed by atoms with Crippen LogP contribution in [0.5, 0.6) is 0 Å². The average molecular weight is 295 g/mol. The monoisotopic (exact) mass is 295 g/mol. The molecule has 3 aromatic rings. The van der Waals surface area contributed by atoms with Gasteiger partial charge in [-0.15, -0.1) is 0 Å². The van der Waals surface area contributed by atoms with Crippen LogP contribution in [-0.2, 0) is 11.3 Å². The van der Waals surface area contributed by atoms with Gasteiger partial charge in [0.05, 0.1) is 11.6 Å². The first-order chi connectivity index (χ1) is 10.7. The predicted molar refractivity (Wildman–Crippen MR) is 84.6 cm³/mol. The lowest BCUT2D eigenvalue weighted by Gasteiger charge is -2.06. The lowest BCUT2D eigenvalue weighted by atomic mass is 10.1. The maximum atomic E-state index is 12.3. The van der Waals surface area contributed by atoms with E-state index in [2.05, 4.69) is 0 Å². The molecule has 1 aromatic heterocycles. The number of rotatable bonds is 3. The summed E-state index contributed by atoms with van der Waals surface area (Å²) in [5.41, 5.74) is 2.38. The molecule has 1 N–H and O–H groups in total. The fraction of sp³-hybridized carbons (Fsp3) is 0.167. The van der Waals surface area contributed by atoms with Crippen molar-refractivity contribution in [1.82, 2.24) is 4.57 Å². The zero-order chi connectivity index (χ0) is 15.5. The molecule has 0 aliphatic carbocycles. The van der Waals surface area contributed by atoms with Crippen LogP contribution in [0.1, 0.15) is 24.2 Å². The summed E-state index contributed by atoms with van der Waals surface area (Å²) in [6.07, 6.45) is 0.544. The highest BCUT2D eigenvalue weighted by Gasteiger charge is 2.16. The first-order valence-corrected chi connectivity index (χ1v) is 7.16. The minimum atomic E-state index is -0.645. The molecule has 0 aliphatic rings. The van der Waals surface area contributed by atoms with Crippen molar-refractivity contribution in [2.24, 2.45) is 0 Å². The number of benzene rings is 2. The number of carbonyl (C=O) groups excluding carboxylic acids is 1. The summed E-state index contributed by atoms with van der Waals surface area (Å²) >= 11 is 0. The summed E-state index contributed by atoms with van der Waals surface area (Å²) in [7, 11) is 0. The molecule has 4 heteroatoms. The Morgan fingerprint density at radius 2 is 1.82 bits per heavy atom. The lowest BCUT2D eigenvalue weighted by Crippen LogP contribution is -2.12. The van der Waals surface area contributed by atoms with Gasteiger partial charge in [0.1, 0.15) is 6.61 Å². The Bertz CT molecular complexity index is 790. The van der Waals surface area contributed by atoms with Gasteiger partial charge in [-0.05, 0) is 18.6 Å². The number of aromatic nitrogens is 1. The second-order valence-corrected chi connectivity index (χ2v) is 5.19. The standard InChI is InChI=1S/C18H17NO3/c1-13(20)16-11-19(17-10-6-5-9-15(16)17)18(21)22-12-14-7-3-2-4-8-14/h2-11,13,20H,12H2,1H3. The van der Waals surface area contributed by atoms with Crippen LogP contribution in [0, 0.1) is 0 Å². The maximum Gasteiger partial charge on any atom is 0.418 e. The smallest absolute Gasteiger partial charge is 0.418 e. The third-order valence-corrected chi connectivity index (χ3v) is 3.59. The molecule has 0 radical (unpaired) electrons. The van der Waals surface area contributed by atoms with Crippen molar-refractivity contribution in [3.05, 3.63) is 71.9 Å². The van der Waals surface area contributed by atoms with E-state index >= 15 is 0 Å². The van der Waals surface area contributed by atoms with Crippen molar-refractivity contribution in [2.45, 2.75) is 19.6 Å². The summed E-state index contributed by atoms with van der Waals surface area (Å²) in [4.78, 5) is 12.3. The number of hydrogen-bond donors (Lipinski definition) is 1. The minimum absolute atomic E-state index is 0.218. The fourth-order valence-electron chi connectivity index (χ4n) is 2.48. The molecule has 112 valence electrons. The number of carbonyl (C=O) groups is 1. The van der Waals surface area contributed by atoms with Crippen LogP contribution in [0.15, 0.2) is 60.8 Å². The molecule has 1 heterocycles. The van der Waals surface area contributed by atoms with Crippen LogP contribution in [-0.4, -0.2) is 15.8 Å². The Kier molecular flexibility index (Phi) is 3.94. The molecule has 0 amide bonds. The number of hydrogen-bond acceptors (Lipinski definition) is 3. The molecule has 0 fully saturated rings. The van der Waals surface area contributed by atoms with Crippen molar-refractivity contribution < 1.29 is 14.6 Å². The Morgan fingerprint density at radius 3 is 2.55 bits per heavy atom. The topological polar surface area (TPSA) is 51.5 Å². The highest BCUT2D eigenvalue weighted by Crippen LogP contribution is 2.26. The van der Waals surface area contributed by atoms with Gasteiger partial charge < -0.3 is 9.84 Å². The van der Waals surface area contributed by atoms with E-state index in [0.717, 1.165) is 16.5 Å². The summed E-state index contributed by atoms with van der Waals surface area (Å²) in [6, 6.07) is 17.0. The van der Waals surface area contributed by atoms with E-state index < -0.39 is 12.2 Å². The lowest BCUT2D eigenvalue weighted by molar-refractivity contribution is 0.142. The number of para-hydroxylation sites is 1. The van der Waals surface area contributed by atoms with E-state index in [9.17, 15) is 9.90 Å². The SMILES string of the molecule is CC(O)c1cn(C(=O)OCc2ccccc2)c2ccccc12. The summed E-state index contributed by atoms with van der Waals surface area (Å²) < 4.78 is 6.80. The third kappa shape index (κ3) is 2.73. The molecule has 0 bridgehead atoms. The molecular weight excluding hydrogens is 278 g/mol. The second kappa shape index (κ2) is 6.03. The van der Waals surface area contributed by atoms with Gasteiger partial charge in [0, 0.05) is 17.1 Å². The van der Waals surface area contributed by atoms with Gasteiger partial charge in [0.2, 0.25) is 0 Å². The summed E-state index contributed by atoms with van der Waals surface area (Å²) in [6.45, 7) is 1.90. The number of aliphatic hydroxyl groups excluding tert-OH is 1. The predicted octanol–water partition coefficient (Wildman–Crippen LogP) is 3.88. The largest absolute Gasteiger partial charge is 0.444 e. The van der Waals surface area contributed by atoms with Crippen LogP contribution in [0.2, 0.25) is 0 Å². The van der Waals surface area contributed by atoms with Gasteiger partial charge in [0.15, 0.2) is 0 Å². The van der Waals surface area contributed by atoms with E-state index in [1.807, 2.05) is 54.6 Å². The molecule has 0 aliphatic heterocycles. The van der Waals surface area contributed by atoms with Crippen LogP contribution >= 0.6 is 0 Å². The molecule has 2 aromatic carbocycles. The van der Waals surface area contributed by atoms with Gasteiger partial charge >= 0.3 is 6.09 Å². The van der Waals surface area contributed by atoms with Crippen molar-refractivity contribution in [2.75, 3.05) is 0 Å².